The molecule has 0 saturated heterocycles. The van der Waals surface area contributed by atoms with Gasteiger partial charge in [0, 0.05) is 5.56 Å². The quantitative estimate of drug-likeness (QED) is 0.722. The number of aryl methyl sites for hydroxylation is 2. The maximum Gasteiger partial charge on any atom is 0.407 e. The second-order valence-electron chi connectivity index (χ2n) is 6.80. The van der Waals surface area contributed by atoms with E-state index in [0.717, 1.165) is 23.1 Å². The second-order valence-corrected chi connectivity index (χ2v) is 6.80. The number of carbonyl (C=O) groups is 1. The number of ether oxygens (including phenoxy) is 1. The van der Waals surface area contributed by atoms with Crippen LogP contribution in [0.4, 0.5) is 4.79 Å². The van der Waals surface area contributed by atoms with Gasteiger partial charge in [0.2, 0.25) is 0 Å². The van der Waals surface area contributed by atoms with Crippen LogP contribution in [0.15, 0.2) is 18.2 Å². The largest absolute Gasteiger partial charge is 0.444 e. The summed E-state index contributed by atoms with van der Waals surface area (Å²) in [5, 5.41) is 10.8. The average molecular weight is 335 g/mol. The highest BCUT2D eigenvalue weighted by Crippen LogP contribution is 2.15. The highest BCUT2D eigenvalue weighted by Gasteiger charge is 2.17. The van der Waals surface area contributed by atoms with Gasteiger partial charge in [-0.25, -0.2) is 4.79 Å². The molecule has 1 rings (SSSR count). The van der Waals surface area contributed by atoms with E-state index >= 15 is 0 Å². The minimum atomic E-state index is -0.524. The van der Waals surface area contributed by atoms with Crippen molar-refractivity contribution in [3.05, 3.63) is 34.9 Å². The minimum absolute atomic E-state index is 0.173. The maximum atomic E-state index is 11.6. The van der Waals surface area contributed by atoms with Crippen molar-refractivity contribution in [1.29, 1.82) is 5.41 Å². The Balaban J connectivity index is 0.00000118. The number of hydrogen-bond donors (Lipinski definition) is 2. The van der Waals surface area contributed by atoms with Crippen LogP contribution in [-0.2, 0) is 11.2 Å². The van der Waals surface area contributed by atoms with Crippen molar-refractivity contribution in [1.82, 2.24) is 5.32 Å². The summed E-state index contributed by atoms with van der Waals surface area (Å²) in [6.45, 7) is 14.0. The highest BCUT2D eigenvalue weighted by molar-refractivity contribution is 6.03. The van der Waals surface area contributed by atoms with E-state index in [9.17, 15) is 4.79 Å². The monoisotopic (exact) mass is 334 g/mol. The SMILES string of the molecule is CCCC.CCc1cccc(C)c1C(=N)CNC(=O)OC(C)(C)C. The van der Waals surface area contributed by atoms with Crippen LogP contribution in [0, 0.1) is 12.3 Å². The van der Waals surface area contributed by atoms with Crippen LogP contribution in [0.25, 0.3) is 0 Å². The third-order valence-corrected chi connectivity index (χ3v) is 3.35. The van der Waals surface area contributed by atoms with Crippen LogP contribution in [0.3, 0.4) is 0 Å². The van der Waals surface area contributed by atoms with Gasteiger partial charge >= 0.3 is 6.09 Å². The molecule has 0 bridgehead atoms. The molecule has 24 heavy (non-hydrogen) atoms. The summed E-state index contributed by atoms with van der Waals surface area (Å²) >= 11 is 0. The molecule has 1 amide bonds. The summed E-state index contributed by atoms with van der Waals surface area (Å²) in [5.74, 6) is 0. The van der Waals surface area contributed by atoms with Crippen LogP contribution in [0.1, 0.15) is 71.1 Å². The van der Waals surface area contributed by atoms with Crippen molar-refractivity contribution in [2.45, 2.75) is 73.3 Å². The van der Waals surface area contributed by atoms with Gasteiger partial charge in [-0.1, -0.05) is 51.8 Å². The van der Waals surface area contributed by atoms with Gasteiger partial charge in [-0.15, -0.1) is 0 Å². The first kappa shape index (κ1) is 22.2. The second kappa shape index (κ2) is 10.8. The number of unbranched alkanes of at least 4 members (excludes halogenated alkanes) is 1. The first-order chi connectivity index (χ1) is 11.2. The number of benzene rings is 1. The van der Waals surface area contributed by atoms with E-state index in [2.05, 4.69) is 26.1 Å². The Kier molecular flexibility index (Phi) is 10.0. The van der Waals surface area contributed by atoms with Crippen molar-refractivity contribution in [2.75, 3.05) is 6.54 Å². The molecule has 0 atom stereocenters. The molecule has 2 N–H and O–H groups in total. The Morgan fingerprint density at radius 1 is 1.17 bits per heavy atom. The summed E-state index contributed by atoms with van der Waals surface area (Å²) in [7, 11) is 0. The molecule has 136 valence electrons. The van der Waals surface area contributed by atoms with Gasteiger partial charge < -0.3 is 15.5 Å². The number of amides is 1. The normalized spacial score (nSPS) is 10.5. The van der Waals surface area contributed by atoms with E-state index in [1.54, 1.807) is 0 Å². The van der Waals surface area contributed by atoms with Crippen LogP contribution < -0.4 is 5.32 Å². The van der Waals surface area contributed by atoms with Crippen LogP contribution >= 0.6 is 0 Å². The molecule has 4 heteroatoms. The van der Waals surface area contributed by atoms with E-state index in [4.69, 9.17) is 10.1 Å². The zero-order valence-corrected chi connectivity index (χ0v) is 16.4. The maximum absolute atomic E-state index is 11.6. The first-order valence-corrected chi connectivity index (χ1v) is 8.79. The van der Waals surface area contributed by atoms with Crippen molar-refractivity contribution in [3.63, 3.8) is 0 Å². The third kappa shape index (κ3) is 8.70. The van der Waals surface area contributed by atoms with E-state index in [1.165, 1.54) is 12.8 Å². The lowest BCUT2D eigenvalue weighted by atomic mass is 9.96. The minimum Gasteiger partial charge on any atom is -0.444 e. The lowest BCUT2D eigenvalue weighted by Crippen LogP contribution is -2.35. The van der Waals surface area contributed by atoms with E-state index in [1.807, 2.05) is 45.9 Å². The molecule has 0 heterocycles. The summed E-state index contributed by atoms with van der Waals surface area (Å²) in [4.78, 5) is 11.6. The van der Waals surface area contributed by atoms with Crippen molar-refractivity contribution >= 4 is 11.8 Å². The average Bonchev–Trinajstić information content (AvgIpc) is 2.50. The van der Waals surface area contributed by atoms with Crippen LogP contribution in [-0.4, -0.2) is 24.0 Å². The standard InChI is InChI=1S/C16H24N2O2.C4H10/c1-6-12-9-7-8-11(2)14(12)13(17)10-18-15(19)20-16(3,4)5;1-3-4-2/h7-9,17H,6,10H2,1-5H3,(H,18,19);3-4H2,1-2H3. The van der Waals surface area contributed by atoms with Gasteiger partial charge in [0.05, 0.1) is 12.3 Å². The fraction of sp³-hybridized carbons (Fsp3) is 0.600. The topological polar surface area (TPSA) is 62.2 Å². The number of nitrogens with one attached hydrogen (secondary N) is 2. The predicted molar refractivity (Wildman–Crippen MR) is 102 cm³/mol. The van der Waals surface area contributed by atoms with Gasteiger partial charge in [-0.3, -0.25) is 0 Å². The predicted octanol–water partition coefficient (Wildman–Crippen LogP) is 5.26. The molecule has 0 unspecified atom stereocenters. The number of rotatable bonds is 5. The first-order valence-electron chi connectivity index (χ1n) is 8.79. The van der Waals surface area contributed by atoms with Crippen molar-refractivity contribution < 1.29 is 9.53 Å². The van der Waals surface area contributed by atoms with Gasteiger partial charge in [-0.05, 0) is 45.2 Å². The molecule has 0 spiro atoms. The highest BCUT2D eigenvalue weighted by atomic mass is 16.6. The fourth-order valence-electron chi connectivity index (χ4n) is 2.02. The molecule has 4 nitrogen and oxygen atoms in total. The Morgan fingerprint density at radius 2 is 1.75 bits per heavy atom. The van der Waals surface area contributed by atoms with E-state index in [-0.39, 0.29) is 6.54 Å². The van der Waals surface area contributed by atoms with E-state index in [0.29, 0.717) is 5.71 Å². The molecule has 0 saturated carbocycles. The lowest BCUT2D eigenvalue weighted by Gasteiger charge is -2.20. The molecule has 0 radical (unpaired) electrons. The Bertz CT molecular complexity index is 529. The lowest BCUT2D eigenvalue weighted by molar-refractivity contribution is 0.0536. The Hall–Kier alpha value is -1.84. The van der Waals surface area contributed by atoms with Crippen LogP contribution in [0.5, 0.6) is 0 Å². The Morgan fingerprint density at radius 3 is 2.21 bits per heavy atom. The van der Waals surface area contributed by atoms with E-state index < -0.39 is 11.7 Å². The summed E-state index contributed by atoms with van der Waals surface area (Å²) in [5.41, 5.74) is 2.99. The van der Waals surface area contributed by atoms with Gasteiger partial charge in [0.1, 0.15) is 5.60 Å². The van der Waals surface area contributed by atoms with Crippen LogP contribution in [0.2, 0.25) is 0 Å². The summed E-state index contributed by atoms with van der Waals surface area (Å²) in [6, 6.07) is 5.99. The molecule has 1 aromatic rings. The number of hydrogen-bond acceptors (Lipinski definition) is 3. The zero-order valence-electron chi connectivity index (χ0n) is 16.4. The number of alkyl carbamates (subject to hydrolysis) is 1. The molecule has 0 aliphatic carbocycles. The molecule has 0 aliphatic rings. The smallest absolute Gasteiger partial charge is 0.407 e. The summed E-state index contributed by atoms with van der Waals surface area (Å²) in [6.07, 6.45) is 3.01. The molecule has 0 aliphatic heterocycles. The molecule has 1 aromatic carbocycles. The van der Waals surface area contributed by atoms with Gasteiger partial charge in [0.25, 0.3) is 0 Å². The third-order valence-electron chi connectivity index (χ3n) is 3.35. The Labute approximate surface area is 147 Å². The van der Waals surface area contributed by atoms with Gasteiger partial charge in [0.15, 0.2) is 0 Å². The zero-order chi connectivity index (χ0) is 18.8. The van der Waals surface area contributed by atoms with Crippen molar-refractivity contribution in [2.24, 2.45) is 0 Å². The molecular weight excluding hydrogens is 300 g/mol. The van der Waals surface area contributed by atoms with Crippen molar-refractivity contribution in [3.8, 4) is 0 Å². The molecule has 0 fully saturated rings. The summed E-state index contributed by atoms with van der Waals surface area (Å²) < 4.78 is 5.16. The molecule has 0 aromatic heterocycles. The number of carbonyl (C=O) groups excluding carboxylic acids is 1. The fourth-order valence-corrected chi connectivity index (χ4v) is 2.02. The molecular formula is C20H34N2O2. The van der Waals surface area contributed by atoms with Gasteiger partial charge in [-0.2, -0.15) is 0 Å².